The molecule has 1 fully saturated rings. The zero-order chi connectivity index (χ0) is 20.1. The van der Waals surface area contributed by atoms with Gasteiger partial charge < -0.3 is 11.1 Å². The van der Waals surface area contributed by atoms with Crippen LogP contribution in [0.5, 0.6) is 0 Å². The number of hydrogen-bond acceptors (Lipinski definition) is 3. The van der Waals surface area contributed by atoms with Crippen LogP contribution in [0.4, 0.5) is 13.2 Å². The van der Waals surface area contributed by atoms with E-state index < -0.39 is 17.2 Å². The molecule has 0 spiro atoms. The van der Waals surface area contributed by atoms with E-state index in [2.05, 4.69) is 10.2 Å². The van der Waals surface area contributed by atoms with Crippen molar-refractivity contribution < 1.29 is 18.0 Å². The van der Waals surface area contributed by atoms with E-state index in [0.29, 0.717) is 31.5 Å². The van der Waals surface area contributed by atoms with Gasteiger partial charge in [0.1, 0.15) is 0 Å². The average Bonchev–Trinajstić information content (AvgIpc) is 2.65. The van der Waals surface area contributed by atoms with E-state index in [1.165, 1.54) is 12.1 Å². The minimum atomic E-state index is -4.32. The standard InChI is InChI=1S/C20H30F3N3O/c1-3-19(4-2,14-24)18(27)25-17-8-10-26(11-9-17)13-15-6-5-7-16(12-15)20(21,22)23/h5-7,12,17H,3-4,8-11,13-14,24H2,1-2H3,(H,25,27). The highest BCUT2D eigenvalue weighted by Crippen LogP contribution is 2.30. The predicted octanol–water partition coefficient (Wildman–Crippen LogP) is 3.55. The summed E-state index contributed by atoms with van der Waals surface area (Å²) in [6.45, 7) is 6.27. The maximum atomic E-state index is 12.8. The Hall–Kier alpha value is -1.60. The highest BCUT2D eigenvalue weighted by Gasteiger charge is 2.35. The van der Waals surface area contributed by atoms with E-state index in [9.17, 15) is 18.0 Å². The highest BCUT2D eigenvalue weighted by molar-refractivity contribution is 5.83. The third-order valence-corrected chi connectivity index (χ3v) is 5.81. The molecule has 1 heterocycles. The molecule has 1 aliphatic heterocycles. The van der Waals surface area contributed by atoms with E-state index in [1.54, 1.807) is 6.07 Å². The lowest BCUT2D eigenvalue weighted by Crippen LogP contribution is -2.51. The van der Waals surface area contributed by atoms with E-state index >= 15 is 0 Å². The molecule has 0 aromatic heterocycles. The van der Waals surface area contributed by atoms with Crippen molar-refractivity contribution in [2.45, 2.75) is 58.3 Å². The summed E-state index contributed by atoms with van der Waals surface area (Å²) in [6, 6.07) is 5.58. The van der Waals surface area contributed by atoms with Gasteiger partial charge in [0.25, 0.3) is 0 Å². The molecule has 2 rings (SSSR count). The normalized spacial score (nSPS) is 17.1. The average molecular weight is 385 g/mol. The molecule has 1 aliphatic rings. The largest absolute Gasteiger partial charge is 0.416 e. The van der Waals surface area contributed by atoms with Crippen molar-refractivity contribution in [3.8, 4) is 0 Å². The fourth-order valence-corrected chi connectivity index (χ4v) is 3.63. The van der Waals surface area contributed by atoms with Gasteiger partial charge in [-0.15, -0.1) is 0 Å². The number of amides is 1. The van der Waals surface area contributed by atoms with Crippen LogP contribution in [-0.4, -0.2) is 36.5 Å². The van der Waals surface area contributed by atoms with E-state index in [-0.39, 0.29) is 11.9 Å². The van der Waals surface area contributed by atoms with Crippen LogP contribution in [0, 0.1) is 5.41 Å². The number of rotatable bonds is 7. The van der Waals surface area contributed by atoms with E-state index in [0.717, 1.165) is 32.0 Å². The summed E-state index contributed by atoms with van der Waals surface area (Å²) in [7, 11) is 0. The SMILES string of the molecule is CCC(CC)(CN)C(=O)NC1CCN(Cc2cccc(C(F)(F)F)c2)CC1. The Balaban J connectivity index is 1.88. The summed E-state index contributed by atoms with van der Waals surface area (Å²) in [5.41, 5.74) is 5.38. The highest BCUT2D eigenvalue weighted by atomic mass is 19.4. The molecule has 0 radical (unpaired) electrons. The fraction of sp³-hybridized carbons (Fsp3) is 0.650. The molecule has 27 heavy (non-hydrogen) atoms. The molecule has 0 saturated carbocycles. The predicted molar refractivity (Wildman–Crippen MR) is 100.0 cm³/mol. The summed E-state index contributed by atoms with van der Waals surface area (Å²) in [5, 5.41) is 3.13. The van der Waals surface area contributed by atoms with Crippen molar-refractivity contribution in [1.82, 2.24) is 10.2 Å². The number of carbonyl (C=O) groups excluding carboxylic acids is 1. The van der Waals surface area contributed by atoms with Crippen molar-refractivity contribution in [3.05, 3.63) is 35.4 Å². The maximum absolute atomic E-state index is 12.8. The molecule has 1 saturated heterocycles. The van der Waals surface area contributed by atoms with Crippen molar-refractivity contribution in [1.29, 1.82) is 0 Å². The molecular formula is C20H30F3N3O. The first-order valence-electron chi connectivity index (χ1n) is 9.63. The molecule has 7 heteroatoms. The second-order valence-electron chi connectivity index (χ2n) is 7.41. The molecule has 0 aliphatic carbocycles. The number of piperidine rings is 1. The zero-order valence-electron chi connectivity index (χ0n) is 16.1. The molecule has 1 aromatic carbocycles. The molecular weight excluding hydrogens is 355 g/mol. The van der Waals surface area contributed by atoms with E-state index in [1.807, 2.05) is 13.8 Å². The lowest BCUT2D eigenvalue weighted by atomic mass is 9.81. The quantitative estimate of drug-likeness (QED) is 0.755. The number of alkyl halides is 3. The van der Waals surface area contributed by atoms with Crippen LogP contribution in [0.3, 0.4) is 0 Å². The minimum absolute atomic E-state index is 0.0197. The molecule has 1 aromatic rings. The fourth-order valence-electron chi connectivity index (χ4n) is 3.63. The van der Waals surface area contributed by atoms with Gasteiger partial charge in [0.05, 0.1) is 11.0 Å². The number of likely N-dealkylation sites (tertiary alicyclic amines) is 1. The van der Waals surface area contributed by atoms with Gasteiger partial charge in [-0.05, 0) is 37.3 Å². The summed E-state index contributed by atoms with van der Waals surface area (Å²) >= 11 is 0. The topological polar surface area (TPSA) is 58.4 Å². The first-order chi connectivity index (χ1) is 12.7. The molecule has 0 atom stereocenters. The Morgan fingerprint density at radius 3 is 2.37 bits per heavy atom. The summed E-state index contributed by atoms with van der Waals surface area (Å²) < 4.78 is 38.5. The monoisotopic (exact) mass is 385 g/mol. The summed E-state index contributed by atoms with van der Waals surface area (Å²) in [5.74, 6) is 0.0197. The Morgan fingerprint density at radius 2 is 1.85 bits per heavy atom. The van der Waals surface area contributed by atoms with Gasteiger partial charge in [-0.3, -0.25) is 9.69 Å². The molecule has 0 unspecified atom stereocenters. The van der Waals surface area contributed by atoms with Crippen molar-refractivity contribution in [2.24, 2.45) is 11.1 Å². The third-order valence-electron chi connectivity index (χ3n) is 5.81. The van der Waals surface area contributed by atoms with Crippen molar-refractivity contribution in [3.63, 3.8) is 0 Å². The van der Waals surface area contributed by atoms with Gasteiger partial charge in [-0.1, -0.05) is 32.0 Å². The van der Waals surface area contributed by atoms with Crippen LogP contribution in [-0.2, 0) is 17.5 Å². The lowest BCUT2D eigenvalue weighted by molar-refractivity contribution is -0.137. The van der Waals surface area contributed by atoms with Crippen LogP contribution >= 0.6 is 0 Å². The second-order valence-corrected chi connectivity index (χ2v) is 7.41. The molecule has 4 nitrogen and oxygen atoms in total. The molecule has 152 valence electrons. The maximum Gasteiger partial charge on any atom is 0.416 e. The number of halogens is 3. The summed E-state index contributed by atoms with van der Waals surface area (Å²) in [6.07, 6.45) is -1.32. The number of hydrogen-bond donors (Lipinski definition) is 2. The lowest BCUT2D eigenvalue weighted by Gasteiger charge is -2.35. The Labute approximate surface area is 159 Å². The minimum Gasteiger partial charge on any atom is -0.353 e. The number of nitrogens with zero attached hydrogens (tertiary/aromatic N) is 1. The Bertz CT molecular complexity index is 613. The van der Waals surface area contributed by atoms with Crippen LogP contribution in [0.1, 0.15) is 50.7 Å². The van der Waals surface area contributed by atoms with Gasteiger partial charge in [-0.25, -0.2) is 0 Å². The zero-order valence-corrected chi connectivity index (χ0v) is 16.1. The van der Waals surface area contributed by atoms with Crippen LogP contribution in [0.15, 0.2) is 24.3 Å². The number of nitrogens with one attached hydrogen (secondary N) is 1. The van der Waals surface area contributed by atoms with Gasteiger partial charge in [0, 0.05) is 32.2 Å². The van der Waals surface area contributed by atoms with Crippen LogP contribution in [0.25, 0.3) is 0 Å². The number of benzene rings is 1. The number of nitrogens with two attached hydrogens (primary N) is 1. The van der Waals surface area contributed by atoms with Gasteiger partial charge in [0.15, 0.2) is 0 Å². The third kappa shape index (κ3) is 5.45. The molecule has 1 amide bonds. The van der Waals surface area contributed by atoms with Crippen molar-refractivity contribution >= 4 is 5.91 Å². The smallest absolute Gasteiger partial charge is 0.353 e. The first kappa shape index (κ1) is 21.7. The van der Waals surface area contributed by atoms with Crippen LogP contribution < -0.4 is 11.1 Å². The second kappa shape index (κ2) is 9.06. The molecule has 0 bridgehead atoms. The van der Waals surface area contributed by atoms with Gasteiger partial charge in [0.2, 0.25) is 5.91 Å². The Morgan fingerprint density at radius 1 is 1.22 bits per heavy atom. The summed E-state index contributed by atoms with van der Waals surface area (Å²) in [4.78, 5) is 14.8. The van der Waals surface area contributed by atoms with E-state index in [4.69, 9.17) is 5.73 Å². The van der Waals surface area contributed by atoms with Crippen LogP contribution in [0.2, 0.25) is 0 Å². The molecule has 3 N–H and O–H groups in total. The van der Waals surface area contributed by atoms with Gasteiger partial charge >= 0.3 is 6.18 Å². The van der Waals surface area contributed by atoms with Crippen molar-refractivity contribution in [2.75, 3.05) is 19.6 Å². The first-order valence-corrected chi connectivity index (χ1v) is 9.63. The Kier molecular flexibility index (Phi) is 7.28. The number of carbonyl (C=O) groups is 1. The van der Waals surface area contributed by atoms with Gasteiger partial charge in [-0.2, -0.15) is 13.2 Å².